The molecule has 0 heterocycles. The van der Waals surface area contributed by atoms with Crippen LogP contribution >= 0.6 is 11.6 Å². The molecule has 0 saturated heterocycles. The van der Waals surface area contributed by atoms with Crippen molar-refractivity contribution in [2.75, 3.05) is 20.8 Å². The highest BCUT2D eigenvalue weighted by Crippen LogP contribution is 2.32. The van der Waals surface area contributed by atoms with Gasteiger partial charge in [-0.25, -0.2) is 5.90 Å². The van der Waals surface area contributed by atoms with E-state index in [-0.39, 0.29) is 0 Å². The Morgan fingerprint density at radius 2 is 1.87 bits per heavy atom. The normalized spacial score (nSPS) is 10.1. The molecule has 5 heteroatoms. The molecular weight excluding hydrogens is 218 g/mol. The average Bonchev–Trinajstić information content (AvgIpc) is 2.26. The molecule has 1 aromatic rings. The molecule has 0 aliphatic carbocycles. The highest BCUT2D eigenvalue weighted by molar-refractivity contribution is 6.32. The second-order valence-corrected chi connectivity index (χ2v) is 3.33. The average molecular weight is 232 g/mol. The van der Waals surface area contributed by atoms with Crippen molar-refractivity contribution in [1.82, 2.24) is 0 Å². The van der Waals surface area contributed by atoms with E-state index in [4.69, 9.17) is 27.0 Å². The Labute approximate surface area is 93.8 Å². The summed E-state index contributed by atoms with van der Waals surface area (Å²) >= 11 is 5.98. The highest BCUT2D eigenvalue weighted by Gasteiger charge is 2.09. The first-order valence-corrected chi connectivity index (χ1v) is 4.82. The molecule has 1 aromatic carbocycles. The van der Waals surface area contributed by atoms with Gasteiger partial charge in [-0.1, -0.05) is 11.6 Å². The molecular formula is C10H14ClNO3. The van der Waals surface area contributed by atoms with Crippen molar-refractivity contribution in [3.8, 4) is 11.5 Å². The van der Waals surface area contributed by atoms with Crippen LogP contribution in [0.1, 0.15) is 5.56 Å². The van der Waals surface area contributed by atoms with Crippen molar-refractivity contribution >= 4 is 11.6 Å². The first-order valence-electron chi connectivity index (χ1n) is 4.45. The maximum atomic E-state index is 5.98. The molecule has 0 spiro atoms. The van der Waals surface area contributed by atoms with Crippen molar-refractivity contribution in [2.45, 2.75) is 6.42 Å². The van der Waals surface area contributed by atoms with Gasteiger partial charge in [0.2, 0.25) is 0 Å². The summed E-state index contributed by atoms with van der Waals surface area (Å²) in [6.45, 7) is 0.416. The maximum absolute atomic E-state index is 5.98. The van der Waals surface area contributed by atoms with Crippen LogP contribution in [0.2, 0.25) is 5.02 Å². The zero-order valence-corrected chi connectivity index (χ0v) is 9.50. The topological polar surface area (TPSA) is 53.7 Å². The van der Waals surface area contributed by atoms with Crippen LogP contribution in [0.3, 0.4) is 0 Å². The molecule has 0 amide bonds. The number of ether oxygens (including phenoxy) is 2. The van der Waals surface area contributed by atoms with E-state index in [1.54, 1.807) is 26.4 Å². The second kappa shape index (κ2) is 5.80. The van der Waals surface area contributed by atoms with E-state index in [0.29, 0.717) is 29.5 Å². The Balaban J connectivity index is 2.98. The maximum Gasteiger partial charge on any atom is 0.141 e. The molecule has 15 heavy (non-hydrogen) atoms. The van der Waals surface area contributed by atoms with Crippen molar-refractivity contribution in [2.24, 2.45) is 5.90 Å². The summed E-state index contributed by atoms with van der Waals surface area (Å²) in [6.07, 6.45) is 0.642. The van der Waals surface area contributed by atoms with Crippen LogP contribution in [0.4, 0.5) is 0 Å². The molecule has 0 aromatic heterocycles. The fourth-order valence-corrected chi connectivity index (χ4v) is 1.55. The van der Waals surface area contributed by atoms with Gasteiger partial charge < -0.3 is 14.3 Å². The third kappa shape index (κ3) is 2.99. The number of nitrogens with two attached hydrogens (primary N) is 1. The van der Waals surface area contributed by atoms with Crippen LogP contribution in [0, 0.1) is 0 Å². The fraction of sp³-hybridized carbons (Fsp3) is 0.400. The third-order valence-corrected chi connectivity index (χ3v) is 2.34. The number of rotatable bonds is 5. The molecule has 0 radical (unpaired) electrons. The van der Waals surface area contributed by atoms with Crippen molar-refractivity contribution in [3.63, 3.8) is 0 Å². The van der Waals surface area contributed by atoms with Gasteiger partial charge in [0.15, 0.2) is 0 Å². The molecule has 84 valence electrons. The standard InChI is InChI=1S/C10H14ClNO3/c1-13-9-6-10(14-2)8(11)5-7(9)3-4-15-12/h5-6H,3-4,12H2,1-2H3. The van der Waals surface area contributed by atoms with E-state index in [1.165, 1.54) is 0 Å². The van der Waals surface area contributed by atoms with Crippen molar-refractivity contribution in [3.05, 3.63) is 22.7 Å². The predicted octanol–water partition coefficient (Wildman–Crippen LogP) is 1.79. The van der Waals surface area contributed by atoms with Crippen LogP contribution < -0.4 is 15.4 Å². The minimum atomic E-state index is 0.416. The lowest BCUT2D eigenvalue weighted by Crippen LogP contribution is -2.05. The fourth-order valence-electron chi connectivity index (χ4n) is 1.29. The van der Waals surface area contributed by atoms with Gasteiger partial charge in [-0.2, -0.15) is 0 Å². The Bertz CT molecular complexity index is 331. The summed E-state index contributed by atoms with van der Waals surface area (Å²) in [4.78, 5) is 4.51. The largest absolute Gasteiger partial charge is 0.496 e. The van der Waals surface area contributed by atoms with Crippen LogP contribution in [-0.4, -0.2) is 20.8 Å². The lowest BCUT2D eigenvalue weighted by atomic mass is 10.1. The Hall–Kier alpha value is -0.970. The van der Waals surface area contributed by atoms with Crippen LogP contribution in [0.5, 0.6) is 11.5 Å². The Morgan fingerprint density at radius 3 is 2.40 bits per heavy atom. The van der Waals surface area contributed by atoms with E-state index in [0.717, 1.165) is 5.56 Å². The van der Waals surface area contributed by atoms with Gasteiger partial charge in [0.1, 0.15) is 11.5 Å². The van der Waals surface area contributed by atoms with E-state index in [1.807, 2.05) is 0 Å². The van der Waals surface area contributed by atoms with E-state index in [2.05, 4.69) is 4.84 Å². The number of halogens is 1. The van der Waals surface area contributed by atoms with Gasteiger partial charge in [0.05, 0.1) is 25.8 Å². The van der Waals surface area contributed by atoms with Crippen molar-refractivity contribution < 1.29 is 14.3 Å². The van der Waals surface area contributed by atoms with Crippen LogP contribution in [-0.2, 0) is 11.3 Å². The first-order chi connectivity index (χ1) is 7.22. The number of benzene rings is 1. The van der Waals surface area contributed by atoms with Crippen LogP contribution in [0.15, 0.2) is 12.1 Å². The lowest BCUT2D eigenvalue weighted by Gasteiger charge is -2.11. The smallest absolute Gasteiger partial charge is 0.141 e. The Kier molecular flexibility index (Phi) is 4.68. The summed E-state index contributed by atoms with van der Waals surface area (Å²) in [5, 5.41) is 0.547. The van der Waals surface area contributed by atoms with Gasteiger partial charge in [-0.3, -0.25) is 0 Å². The minimum Gasteiger partial charge on any atom is -0.496 e. The zero-order chi connectivity index (χ0) is 11.3. The monoisotopic (exact) mass is 231 g/mol. The molecule has 2 N–H and O–H groups in total. The molecule has 0 aliphatic heterocycles. The van der Waals surface area contributed by atoms with Gasteiger partial charge in [0, 0.05) is 12.5 Å². The molecule has 0 saturated carbocycles. The summed E-state index contributed by atoms with van der Waals surface area (Å²) in [6, 6.07) is 3.53. The number of methoxy groups -OCH3 is 2. The molecule has 0 unspecified atom stereocenters. The van der Waals surface area contributed by atoms with E-state index >= 15 is 0 Å². The van der Waals surface area contributed by atoms with Gasteiger partial charge in [-0.05, 0) is 11.6 Å². The number of hydrogen-bond donors (Lipinski definition) is 1. The minimum absolute atomic E-state index is 0.416. The SMILES string of the molecule is COc1cc(OC)c(CCON)cc1Cl. The van der Waals surface area contributed by atoms with Gasteiger partial charge in [0.25, 0.3) is 0 Å². The summed E-state index contributed by atoms with van der Waals surface area (Å²) in [7, 11) is 3.15. The summed E-state index contributed by atoms with van der Waals surface area (Å²) in [5.41, 5.74) is 0.939. The molecule has 0 fully saturated rings. The molecule has 1 rings (SSSR count). The van der Waals surface area contributed by atoms with E-state index in [9.17, 15) is 0 Å². The first kappa shape index (κ1) is 12.1. The summed E-state index contributed by atoms with van der Waals surface area (Å²) in [5.74, 6) is 6.27. The lowest BCUT2D eigenvalue weighted by molar-refractivity contribution is 0.140. The zero-order valence-electron chi connectivity index (χ0n) is 8.75. The molecule has 0 bridgehead atoms. The van der Waals surface area contributed by atoms with E-state index < -0.39 is 0 Å². The van der Waals surface area contributed by atoms with Crippen LogP contribution in [0.25, 0.3) is 0 Å². The number of hydrogen-bond acceptors (Lipinski definition) is 4. The molecule has 4 nitrogen and oxygen atoms in total. The second-order valence-electron chi connectivity index (χ2n) is 2.92. The summed E-state index contributed by atoms with van der Waals surface area (Å²) < 4.78 is 10.3. The molecule has 0 aliphatic rings. The van der Waals surface area contributed by atoms with Crippen molar-refractivity contribution in [1.29, 1.82) is 0 Å². The molecule has 0 atom stereocenters. The quantitative estimate of drug-likeness (QED) is 0.785. The predicted molar refractivity (Wildman–Crippen MR) is 58.4 cm³/mol. The highest BCUT2D eigenvalue weighted by atomic mass is 35.5. The van der Waals surface area contributed by atoms with Gasteiger partial charge in [-0.15, -0.1) is 0 Å². The Morgan fingerprint density at radius 1 is 1.20 bits per heavy atom. The third-order valence-electron chi connectivity index (χ3n) is 2.04. The van der Waals surface area contributed by atoms with Gasteiger partial charge >= 0.3 is 0 Å².